The van der Waals surface area contributed by atoms with Gasteiger partial charge in [0.05, 0.1) is 0 Å². The van der Waals surface area contributed by atoms with Gasteiger partial charge in [-0.05, 0) is 43.9 Å². The molecule has 1 aliphatic heterocycles. The van der Waals surface area contributed by atoms with E-state index in [-0.39, 0.29) is 12.4 Å². The van der Waals surface area contributed by atoms with Gasteiger partial charge in [0, 0.05) is 37.9 Å². The molecule has 3 heteroatoms. The monoisotopic (exact) mass is 344 g/mol. The summed E-state index contributed by atoms with van der Waals surface area (Å²) >= 11 is 0. The molecule has 3 rings (SSSR count). The van der Waals surface area contributed by atoms with Crippen LogP contribution in [-0.4, -0.2) is 37.1 Å². The average molecular weight is 345 g/mol. The van der Waals surface area contributed by atoms with Gasteiger partial charge in [0.2, 0.25) is 0 Å². The summed E-state index contributed by atoms with van der Waals surface area (Å²) in [5.41, 5.74) is 2.83. The number of hydrogen-bond donors (Lipinski definition) is 0. The number of para-hydroxylation sites is 1. The molecule has 0 bridgehead atoms. The molecule has 0 amide bonds. The molecular formula is C21H29ClN2. The summed E-state index contributed by atoms with van der Waals surface area (Å²) in [5.74, 6) is 0. The van der Waals surface area contributed by atoms with Crippen molar-refractivity contribution in [2.24, 2.45) is 0 Å². The van der Waals surface area contributed by atoms with Gasteiger partial charge >= 0.3 is 0 Å². The first kappa shape index (κ1) is 18.8. The van der Waals surface area contributed by atoms with Crippen LogP contribution in [0.15, 0.2) is 60.7 Å². The number of piperidine rings is 1. The van der Waals surface area contributed by atoms with Crippen LogP contribution in [0.5, 0.6) is 0 Å². The largest absolute Gasteiger partial charge is 0.369 e. The standard InChI is InChI=1S/C21H28N2.ClH/c1-2-23(20-11-7-4-8-12-20)21-14-17-22(18-15-21)16-13-19-9-5-3-6-10-19;/h3-12,21H,2,13-18H2,1H3;1H. The first-order valence-electron chi connectivity index (χ1n) is 8.95. The molecule has 2 aromatic carbocycles. The SMILES string of the molecule is CCN(c1ccccc1)C1CCN(CCc2ccccc2)CC1.Cl. The summed E-state index contributed by atoms with van der Waals surface area (Å²) in [6, 6.07) is 22.4. The zero-order chi connectivity index (χ0) is 15.9. The Hall–Kier alpha value is -1.51. The molecule has 1 fully saturated rings. The molecule has 0 unspecified atom stereocenters. The van der Waals surface area contributed by atoms with E-state index in [1.54, 1.807) is 0 Å². The van der Waals surface area contributed by atoms with Gasteiger partial charge < -0.3 is 9.80 Å². The Labute approximate surface area is 152 Å². The lowest BCUT2D eigenvalue weighted by Gasteiger charge is -2.39. The third kappa shape index (κ3) is 4.99. The van der Waals surface area contributed by atoms with Crippen LogP contribution in [0.3, 0.4) is 0 Å². The lowest BCUT2D eigenvalue weighted by atomic mass is 10.0. The smallest absolute Gasteiger partial charge is 0.0368 e. The number of halogens is 1. The van der Waals surface area contributed by atoms with E-state index in [0.717, 1.165) is 6.54 Å². The summed E-state index contributed by atoms with van der Waals surface area (Å²) in [7, 11) is 0. The van der Waals surface area contributed by atoms with Crippen LogP contribution in [0.1, 0.15) is 25.3 Å². The fourth-order valence-corrected chi connectivity index (χ4v) is 3.66. The average Bonchev–Trinajstić information content (AvgIpc) is 2.63. The highest BCUT2D eigenvalue weighted by Crippen LogP contribution is 2.23. The summed E-state index contributed by atoms with van der Waals surface area (Å²) in [6.45, 7) is 7.00. The van der Waals surface area contributed by atoms with Crippen molar-refractivity contribution in [3.05, 3.63) is 66.2 Å². The Morgan fingerprint density at radius 1 is 0.917 bits per heavy atom. The predicted molar refractivity (Wildman–Crippen MR) is 106 cm³/mol. The Bertz CT molecular complexity index is 565. The molecule has 0 aromatic heterocycles. The Kier molecular flexibility index (Phi) is 7.61. The fourth-order valence-electron chi connectivity index (χ4n) is 3.66. The highest BCUT2D eigenvalue weighted by molar-refractivity contribution is 5.85. The number of likely N-dealkylation sites (tertiary alicyclic amines) is 1. The van der Waals surface area contributed by atoms with Crippen molar-refractivity contribution >= 4 is 18.1 Å². The molecule has 130 valence electrons. The minimum Gasteiger partial charge on any atom is -0.369 e. The highest BCUT2D eigenvalue weighted by Gasteiger charge is 2.23. The molecule has 1 heterocycles. The van der Waals surface area contributed by atoms with Crippen molar-refractivity contribution in [2.75, 3.05) is 31.1 Å². The summed E-state index contributed by atoms with van der Waals surface area (Å²) in [4.78, 5) is 5.21. The van der Waals surface area contributed by atoms with Gasteiger partial charge in [-0.2, -0.15) is 0 Å². The first-order valence-corrected chi connectivity index (χ1v) is 8.95. The van der Waals surface area contributed by atoms with Gasteiger partial charge in [-0.3, -0.25) is 0 Å². The summed E-state index contributed by atoms with van der Waals surface area (Å²) in [6.07, 6.45) is 3.72. The highest BCUT2D eigenvalue weighted by atomic mass is 35.5. The van der Waals surface area contributed by atoms with Crippen LogP contribution in [0.2, 0.25) is 0 Å². The van der Waals surface area contributed by atoms with Crippen molar-refractivity contribution in [1.29, 1.82) is 0 Å². The molecule has 24 heavy (non-hydrogen) atoms. The minimum absolute atomic E-state index is 0. The third-order valence-corrected chi connectivity index (χ3v) is 4.99. The molecule has 0 atom stereocenters. The van der Waals surface area contributed by atoms with Crippen LogP contribution in [0.4, 0.5) is 5.69 Å². The molecule has 2 aromatic rings. The van der Waals surface area contributed by atoms with Crippen molar-refractivity contribution in [1.82, 2.24) is 4.90 Å². The molecule has 0 saturated carbocycles. The van der Waals surface area contributed by atoms with E-state index in [4.69, 9.17) is 0 Å². The van der Waals surface area contributed by atoms with Gasteiger partial charge in [-0.15, -0.1) is 12.4 Å². The zero-order valence-electron chi connectivity index (χ0n) is 14.6. The Balaban J connectivity index is 0.00000208. The van der Waals surface area contributed by atoms with Crippen LogP contribution < -0.4 is 4.90 Å². The second-order valence-corrected chi connectivity index (χ2v) is 6.43. The van der Waals surface area contributed by atoms with Crippen molar-refractivity contribution in [2.45, 2.75) is 32.2 Å². The number of nitrogens with zero attached hydrogens (tertiary/aromatic N) is 2. The normalized spacial score (nSPS) is 15.7. The number of benzene rings is 2. The van der Waals surface area contributed by atoms with Gasteiger partial charge in [-0.1, -0.05) is 48.5 Å². The van der Waals surface area contributed by atoms with E-state index in [0.29, 0.717) is 6.04 Å². The van der Waals surface area contributed by atoms with Crippen molar-refractivity contribution in [3.63, 3.8) is 0 Å². The lowest BCUT2D eigenvalue weighted by Crippen LogP contribution is -2.45. The fraction of sp³-hybridized carbons (Fsp3) is 0.429. The maximum atomic E-state index is 2.63. The zero-order valence-corrected chi connectivity index (χ0v) is 15.4. The summed E-state index contributed by atoms with van der Waals surface area (Å²) in [5, 5.41) is 0. The second kappa shape index (κ2) is 9.71. The van der Waals surface area contributed by atoms with E-state index in [1.807, 2.05) is 0 Å². The van der Waals surface area contributed by atoms with Crippen LogP contribution in [0, 0.1) is 0 Å². The molecule has 1 saturated heterocycles. The Morgan fingerprint density at radius 2 is 1.50 bits per heavy atom. The molecule has 1 aliphatic rings. The third-order valence-electron chi connectivity index (χ3n) is 4.99. The number of anilines is 1. The second-order valence-electron chi connectivity index (χ2n) is 6.43. The maximum Gasteiger partial charge on any atom is 0.0368 e. The van der Waals surface area contributed by atoms with Crippen LogP contribution in [-0.2, 0) is 6.42 Å². The van der Waals surface area contributed by atoms with Crippen LogP contribution in [0.25, 0.3) is 0 Å². The molecular weight excluding hydrogens is 316 g/mol. The van der Waals surface area contributed by atoms with Crippen molar-refractivity contribution < 1.29 is 0 Å². The molecule has 2 nitrogen and oxygen atoms in total. The van der Waals surface area contributed by atoms with Gasteiger partial charge in [-0.25, -0.2) is 0 Å². The molecule has 0 radical (unpaired) electrons. The molecule has 0 aliphatic carbocycles. The molecule has 0 spiro atoms. The van der Waals surface area contributed by atoms with Gasteiger partial charge in [0.25, 0.3) is 0 Å². The first-order chi connectivity index (χ1) is 11.4. The van der Waals surface area contributed by atoms with E-state index >= 15 is 0 Å². The Morgan fingerprint density at radius 3 is 2.08 bits per heavy atom. The van der Waals surface area contributed by atoms with E-state index in [2.05, 4.69) is 77.4 Å². The minimum atomic E-state index is 0. The van der Waals surface area contributed by atoms with E-state index in [1.165, 1.54) is 50.1 Å². The quantitative estimate of drug-likeness (QED) is 0.753. The van der Waals surface area contributed by atoms with Gasteiger partial charge in [0.1, 0.15) is 0 Å². The van der Waals surface area contributed by atoms with E-state index in [9.17, 15) is 0 Å². The topological polar surface area (TPSA) is 6.48 Å². The lowest BCUT2D eigenvalue weighted by molar-refractivity contribution is 0.211. The maximum absolute atomic E-state index is 2.63. The van der Waals surface area contributed by atoms with Crippen LogP contribution >= 0.6 is 12.4 Å². The van der Waals surface area contributed by atoms with E-state index < -0.39 is 0 Å². The van der Waals surface area contributed by atoms with Crippen molar-refractivity contribution in [3.8, 4) is 0 Å². The molecule has 0 N–H and O–H groups in total. The summed E-state index contributed by atoms with van der Waals surface area (Å²) < 4.78 is 0. The number of rotatable bonds is 6. The number of hydrogen-bond acceptors (Lipinski definition) is 2. The predicted octanol–water partition coefficient (Wildman–Crippen LogP) is 4.64. The van der Waals surface area contributed by atoms with Gasteiger partial charge in [0.15, 0.2) is 0 Å².